The second kappa shape index (κ2) is 32.0. The van der Waals surface area contributed by atoms with Crippen molar-refractivity contribution in [2.24, 2.45) is 5.92 Å². The molecule has 0 fully saturated rings. The van der Waals surface area contributed by atoms with Gasteiger partial charge < -0.3 is 19.7 Å². The zero-order chi connectivity index (χ0) is 32.5. The summed E-state index contributed by atoms with van der Waals surface area (Å²) in [5, 5.41) is 19.4. The van der Waals surface area contributed by atoms with Gasteiger partial charge in [0.1, 0.15) is 19.3 Å². The summed E-state index contributed by atoms with van der Waals surface area (Å²) in [5.41, 5.74) is 0. The Morgan fingerprint density at radius 1 is 0.614 bits per heavy atom. The lowest BCUT2D eigenvalue weighted by Crippen LogP contribution is -2.25. The van der Waals surface area contributed by atoms with Crippen LogP contribution in [-0.2, 0) is 19.1 Å². The van der Waals surface area contributed by atoms with Crippen LogP contribution in [0.25, 0.3) is 0 Å². The molecule has 252 valence electrons. The fraction of sp³-hybridized carbons (Fsp3) is 0.684. The summed E-state index contributed by atoms with van der Waals surface area (Å²) in [7, 11) is 0. The monoisotopic (exact) mass is 616 g/mol. The molecule has 44 heavy (non-hydrogen) atoms. The summed E-state index contributed by atoms with van der Waals surface area (Å²) < 4.78 is 10.2. The minimum atomic E-state index is -0.996. The van der Waals surface area contributed by atoms with Gasteiger partial charge in [-0.3, -0.25) is 9.59 Å². The molecule has 0 amide bonds. The highest BCUT2D eigenvalue weighted by Gasteiger charge is 2.12. The van der Waals surface area contributed by atoms with Crippen molar-refractivity contribution >= 4 is 11.9 Å². The van der Waals surface area contributed by atoms with Gasteiger partial charge in [-0.2, -0.15) is 0 Å². The topological polar surface area (TPSA) is 93.1 Å². The molecule has 0 saturated carbocycles. The summed E-state index contributed by atoms with van der Waals surface area (Å²) in [6.45, 7) is 6.21. The molecule has 0 bridgehead atoms. The normalized spacial score (nSPS) is 13.8. The quantitative estimate of drug-likeness (QED) is 0.0377. The van der Waals surface area contributed by atoms with Crippen LogP contribution in [0, 0.1) is 5.92 Å². The van der Waals surface area contributed by atoms with Crippen LogP contribution in [0.2, 0.25) is 0 Å². The van der Waals surface area contributed by atoms with Crippen LogP contribution in [0.1, 0.15) is 136 Å². The van der Waals surface area contributed by atoms with Gasteiger partial charge in [0.25, 0.3) is 0 Å². The SMILES string of the molecule is CC[C@H](O)/C=C/C=C\C/C=C\C/C=C\C/C=C\CCCC(=O)OC[C@H](O)COC(=O)CCCCCCCCCCCC(C)C. The lowest BCUT2D eigenvalue weighted by Gasteiger charge is -2.12. The Hall–Kier alpha value is -2.44. The van der Waals surface area contributed by atoms with Crippen molar-refractivity contribution in [3.63, 3.8) is 0 Å². The highest BCUT2D eigenvalue weighted by molar-refractivity contribution is 5.69. The van der Waals surface area contributed by atoms with Crippen molar-refractivity contribution in [3.8, 4) is 0 Å². The van der Waals surface area contributed by atoms with Gasteiger partial charge in [-0.1, -0.05) is 139 Å². The number of hydrogen-bond donors (Lipinski definition) is 2. The third kappa shape index (κ3) is 32.5. The molecule has 0 aromatic rings. The van der Waals surface area contributed by atoms with Crippen LogP contribution < -0.4 is 0 Å². The number of allylic oxidation sites excluding steroid dienone is 9. The van der Waals surface area contributed by atoms with E-state index < -0.39 is 6.10 Å². The summed E-state index contributed by atoms with van der Waals surface area (Å²) >= 11 is 0. The highest BCUT2D eigenvalue weighted by atomic mass is 16.6. The van der Waals surface area contributed by atoms with Crippen molar-refractivity contribution < 1.29 is 29.3 Å². The lowest BCUT2D eigenvalue weighted by molar-refractivity contribution is -0.152. The van der Waals surface area contributed by atoms with E-state index in [2.05, 4.69) is 56.4 Å². The maximum Gasteiger partial charge on any atom is 0.305 e. The molecule has 0 aliphatic carbocycles. The molecule has 2 N–H and O–H groups in total. The number of rotatable bonds is 29. The van der Waals surface area contributed by atoms with Gasteiger partial charge in [0.2, 0.25) is 0 Å². The first-order valence-corrected chi connectivity index (χ1v) is 17.3. The van der Waals surface area contributed by atoms with Gasteiger partial charge in [0.05, 0.1) is 6.10 Å². The van der Waals surface area contributed by atoms with Crippen molar-refractivity contribution in [2.75, 3.05) is 13.2 Å². The average Bonchev–Trinajstić information content (AvgIpc) is 3.00. The summed E-state index contributed by atoms with van der Waals surface area (Å²) in [4.78, 5) is 23.8. The van der Waals surface area contributed by atoms with Crippen molar-refractivity contribution in [1.29, 1.82) is 0 Å². The second-order valence-electron chi connectivity index (χ2n) is 11.9. The number of hydrogen-bond acceptors (Lipinski definition) is 6. The largest absolute Gasteiger partial charge is 0.463 e. The molecule has 0 unspecified atom stereocenters. The van der Waals surface area contributed by atoms with E-state index in [1.54, 1.807) is 6.08 Å². The zero-order valence-electron chi connectivity index (χ0n) is 28.2. The predicted molar refractivity (Wildman–Crippen MR) is 183 cm³/mol. The lowest BCUT2D eigenvalue weighted by atomic mass is 10.0. The fourth-order valence-corrected chi connectivity index (χ4v) is 4.31. The van der Waals surface area contributed by atoms with Crippen LogP contribution >= 0.6 is 0 Å². The minimum Gasteiger partial charge on any atom is -0.463 e. The Morgan fingerprint density at radius 2 is 1.09 bits per heavy atom. The Kier molecular flexibility index (Phi) is 30.2. The van der Waals surface area contributed by atoms with E-state index in [1.807, 2.05) is 19.1 Å². The average molecular weight is 617 g/mol. The van der Waals surface area contributed by atoms with E-state index in [-0.39, 0.29) is 31.3 Å². The van der Waals surface area contributed by atoms with E-state index in [9.17, 15) is 19.8 Å². The van der Waals surface area contributed by atoms with Gasteiger partial charge in [-0.25, -0.2) is 0 Å². The van der Waals surface area contributed by atoms with Gasteiger partial charge >= 0.3 is 11.9 Å². The predicted octanol–water partition coefficient (Wildman–Crippen LogP) is 9.27. The highest BCUT2D eigenvalue weighted by Crippen LogP contribution is 2.13. The first-order valence-electron chi connectivity index (χ1n) is 17.3. The number of aliphatic hydroxyl groups is 2. The smallest absolute Gasteiger partial charge is 0.305 e. The van der Waals surface area contributed by atoms with Crippen molar-refractivity contribution in [2.45, 2.75) is 149 Å². The van der Waals surface area contributed by atoms with Crippen LogP contribution in [0.4, 0.5) is 0 Å². The molecule has 0 aliphatic heterocycles. The Morgan fingerprint density at radius 3 is 1.64 bits per heavy atom. The zero-order valence-corrected chi connectivity index (χ0v) is 28.2. The Bertz CT molecular complexity index is 823. The van der Waals surface area contributed by atoms with Crippen LogP contribution in [0.5, 0.6) is 0 Å². The number of unbranched alkanes of at least 4 members (excludes halogenated alkanes) is 9. The van der Waals surface area contributed by atoms with Crippen molar-refractivity contribution in [1.82, 2.24) is 0 Å². The first kappa shape index (κ1) is 41.6. The number of ether oxygens (including phenoxy) is 2. The number of aliphatic hydroxyl groups excluding tert-OH is 2. The number of esters is 2. The van der Waals surface area contributed by atoms with Gasteiger partial charge in [0, 0.05) is 12.8 Å². The van der Waals surface area contributed by atoms with E-state index in [4.69, 9.17) is 9.47 Å². The molecule has 6 heteroatoms. The van der Waals surface area contributed by atoms with Crippen molar-refractivity contribution in [3.05, 3.63) is 60.8 Å². The molecular formula is C38H64O6. The van der Waals surface area contributed by atoms with Gasteiger partial charge in [-0.15, -0.1) is 0 Å². The summed E-state index contributed by atoms with van der Waals surface area (Å²) in [5.74, 6) is 0.154. The molecule has 0 aromatic carbocycles. The van der Waals surface area contributed by atoms with Crippen LogP contribution in [0.15, 0.2) is 60.8 Å². The summed E-state index contributed by atoms with van der Waals surface area (Å²) in [6, 6.07) is 0. The molecule has 0 spiro atoms. The molecule has 0 heterocycles. The summed E-state index contributed by atoms with van der Waals surface area (Å²) in [6.07, 6.45) is 36.6. The van der Waals surface area contributed by atoms with E-state index >= 15 is 0 Å². The standard InChI is InChI=1S/C38H64O6/c1-4-35(39)29-25-21-17-13-9-7-5-6-8-10-14-18-22-26-30-37(41)43-32-36(40)33-44-38(42)31-27-23-19-15-11-12-16-20-24-28-34(2)3/h6-9,14,17-18,21,25,29,34-36,39-40H,4-5,10-13,15-16,19-20,22-24,26-28,30-33H2,1-3H3/b8-6-,9-7-,18-14-,21-17-,29-25+/t35-,36-/m0/s1. The van der Waals surface area contributed by atoms with E-state index in [0.29, 0.717) is 19.3 Å². The fourth-order valence-electron chi connectivity index (χ4n) is 4.31. The Balaban J connectivity index is 3.62. The number of carbonyl (C=O) groups is 2. The van der Waals surface area contributed by atoms with E-state index in [0.717, 1.165) is 57.3 Å². The maximum atomic E-state index is 11.9. The van der Waals surface area contributed by atoms with Gasteiger partial charge in [0.15, 0.2) is 0 Å². The molecular weight excluding hydrogens is 552 g/mol. The third-order valence-corrected chi connectivity index (χ3v) is 7.10. The Labute approximate surface area is 269 Å². The first-order chi connectivity index (χ1) is 21.3. The minimum absolute atomic E-state index is 0.144. The van der Waals surface area contributed by atoms with Crippen LogP contribution in [-0.4, -0.2) is 47.6 Å². The van der Waals surface area contributed by atoms with Gasteiger partial charge in [-0.05, 0) is 50.9 Å². The molecule has 0 rings (SSSR count). The molecule has 6 nitrogen and oxygen atoms in total. The number of carbonyl (C=O) groups excluding carboxylic acids is 2. The van der Waals surface area contributed by atoms with E-state index in [1.165, 1.54) is 44.9 Å². The molecule has 0 aromatic heterocycles. The molecule has 0 saturated heterocycles. The second-order valence-corrected chi connectivity index (χ2v) is 11.9. The molecule has 2 atom stereocenters. The van der Waals surface area contributed by atoms with Crippen LogP contribution in [0.3, 0.4) is 0 Å². The maximum absolute atomic E-state index is 11.9. The third-order valence-electron chi connectivity index (χ3n) is 7.10. The molecule has 0 aliphatic rings. The molecule has 0 radical (unpaired) electrons.